The fourth-order valence-electron chi connectivity index (χ4n) is 2.57. The number of fused-ring (bicyclic) bond motifs is 1. The highest BCUT2D eigenvalue weighted by molar-refractivity contribution is 8.27. The van der Waals surface area contributed by atoms with Gasteiger partial charge in [0.15, 0.2) is 5.82 Å². The number of rotatable bonds is 5. The summed E-state index contributed by atoms with van der Waals surface area (Å²) in [5.41, 5.74) is 1.59. The zero-order valence-electron chi connectivity index (χ0n) is 12.4. The van der Waals surface area contributed by atoms with Gasteiger partial charge >= 0.3 is 0 Å². The lowest BCUT2D eigenvalue weighted by atomic mass is 10.2. The van der Waals surface area contributed by atoms with Gasteiger partial charge in [-0.15, -0.1) is 0 Å². The minimum atomic E-state index is -3.14. The molecule has 1 aliphatic heterocycles. The molecule has 2 aromatic rings. The Morgan fingerprint density at radius 1 is 1.09 bits per heavy atom. The second-order valence-corrected chi connectivity index (χ2v) is 6.81. The molecule has 1 aliphatic rings. The van der Waals surface area contributed by atoms with Crippen molar-refractivity contribution in [2.24, 2.45) is 0 Å². The van der Waals surface area contributed by atoms with Crippen LogP contribution in [0.2, 0.25) is 0 Å². The zero-order valence-corrected chi connectivity index (χ0v) is 13.2. The van der Waals surface area contributed by atoms with Gasteiger partial charge < -0.3 is 5.32 Å². The van der Waals surface area contributed by atoms with E-state index < -0.39 is 11.0 Å². The van der Waals surface area contributed by atoms with Crippen molar-refractivity contribution >= 4 is 28.2 Å². The third-order valence-corrected chi connectivity index (χ3v) is 5.40. The number of nitrogens with zero attached hydrogens (tertiary/aromatic N) is 3. The summed E-state index contributed by atoms with van der Waals surface area (Å²) in [7, 11) is -1.26. The highest BCUT2D eigenvalue weighted by atomic mass is 32.3. The van der Waals surface area contributed by atoms with Crippen LogP contribution in [0.1, 0.15) is 6.42 Å². The minimum absolute atomic E-state index is 0.533. The third kappa shape index (κ3) is 2.52. The largest absolute Gasteiger partial charge is 0.320 e. The maximum absolute atomic E-state index is 10.8. The maximum Gasteiger partial charge on any atom is 0.153 e. The van der Waals surface area contributed by atoms with Crippen LogP contribution in [-0.2, 0) is 0 Å². The molecule has 0 radical (unpaired) electrons. The summed E-state index contributed by atoms with van der Waals surface area (Å²) in [4.78, 5) is 4.27. The van der Waals surface area contributed by atoms with Crippen molar-refractivity contribution in [2.75, 3.05) is 28.7 Å². The topological polar surface area (TPSA) is 71.9 Å². The number of hydrogen-bond donors (Lipinski definition) is 3. The second kappa shape index (κ2) is 6.13. The molecule has 0 bridgehead atoms. The fraction of sp³-hybridized carbons (Fsp3) is 0.267. The van der Waals surface area contributed by atoms with Gasteiger partial charge in [0, 0.05) is 12.7 Å². The highest BCUT2D eigenvalue weighted by Gasteiger charge is 2.41. The van der Waals surface area contributed by atoms with Crippen LogP contribution in [0.15, 0.2) is 48.7 Å². The van der Waals surface area contributed by atoms with Crippen LogP contribution in [0.5, 0.6) is 0 Å². The van der Waals surface area contributed by atoms with Gasteiger partial charge in [-0.3, -0.25) is 13.4 Å². The van der Waals surface area contributed by atoms with Crippen molar-refractivity contribution in [2.45, 2.75) is 6.42 Å². The third-order valence-electron chi connectivity index (χ3n) is 3.56. The van der Waals surface area contributed by atoms with Gasteiger partial charge in [-0.1, -0.05) is 18.2 Å². The SMILES string of the molecule is CNCCCN1c2ccccc2N(c2ccccn2)S1(O)O. The summed E-state index contributed by atoms with van der Waals surface area (Å²) in [5.74, 6) is 0.533. The van der Waals surface area contributed by atoms with Crippen molar-refractivity contribution in [3.05, 3.63) is 48.7 Å². The Morgan fingerprint density at radius 3 is 2.50 bits per heavy atom. The molecule has 0 unspecified atom stereocenters. The van der Waals surface area contributed by atoms with Crippen molar-refractivity contribution in [3.63, 3.8) is 0 Å². The van der Waals surface area contributed by atoms with Crippen molar-refractivity contribution in [1.82, 2.24) is 10.3 Å². The highest BCUT2D eigenvalue weighted by Crippen LogP contribution is 2.63. The molecule has 0 spiro atoms. The van der Waals surface area contributed by atoms with Gasteiger partial charge in [-0.25, -0.2) is 9.29 Å². The van der Waals surface area contributed by atoms with Crippen LogP contribution in [0.25, 0.3) is 0 Å². The molecule has 0 amide bonds. The smallest absolute Gasteiger partial charge is 0.153 e. The molecule has 3 N–H and O–H groups in total. The number of aromatic nitrogens is 1. The Hall–Kier alpha value is -1.80. The van der Waals surface area contributed by atoms with Crippen LogP contribution >= 0.6 is 11.0 Å². The molecule has 6 nitrogen and oxygen atoms in total. The van der Waals surface area contributed by atoms with Crippen molar-refractivity contribution < 1.29 is 9.11 Å². The van der Waals surface area contributed by atoms with Crippen molar-refractivity contribution in [1.29, 1.82) is 0 Å². The van der Waals surface area contributed by atoms with Crippen LogP contribution in [0, 0.1) is 0 Å². The van der Waals surface area contributed by atoms with E-state index in [1.807, 2.05) is 43.4 Å². The number of pyridine rings is 1. The van der Waals surface area contributed by atoms with E-state index in [-0.39, 0.29) is 0 Å². The normalized spacial score (nSPS) is 17.4. The van der Waals surface area contributed by atoms with E-state index in [1.165, 1.54) is 4.31 Å². The van der Waals surface area contributed by atoms with E-state index in [9.17, 15) is 9.11 Å². The second-order valence-electron chi connectivity index (χ2n) is 5.02. The summed E-state index contributed by atoms with van der Waals surface area (Å²) in [6, 6.07) is 13.0. The predicted molar refractivity (Wildman–Crippen MR) is 91.6 cm³/mol. The molecule has 118 valence electrons. The Morgan fingerprint density at radius 2 is 1.82 bits per heavy atom. The number of para-hydroxylation sites is 2. The van der Waals surface area contributed by atoms with Gasteiger partial charge in [0.2, 0.25) is 0 Å². The molecule has 22 heavy (non-hydrogen) atoms. The summed E-state index contributed by atoms with van der Waals surface area (Å²) in [5, 5.41) is 3.08. The predicted octanol–water partition coefficient (Wildman–Crippen LogP) is 3.23. The summed E-state index contributed by atoms with van der Waals surface area (Å²) < 4.78 is 24.8. The number of anilines is 3. The van der Waals surface area contributed by atoms with Crippen LogP contribution in [0.3, 0.4) is 0 Å². The first-order valence-corrected chi connectivity index (χ1v) is 8.63. The molecule has 0 saturated carbocycles. The van der Waals surface area contributed by atoms with Crippen molar-refractivity contribution in [3.8, 4) is 0 Å². The van der Waals surface area contributed by atoms with Gasteiger partial charge in [-0.05, 0) is 55.2 Å². The molecular weight excluding hydrogens is 300 g/mol. The molecule has 0 aliphatic carbocycles. The van der Waals surface area contributed by atoms with E-state index in [0.717, 1.165) is 24.3 Å². The Bertz CT molecular complexity index is 638. The van der Waals surface area contributed by atoms with Crippen LogP contribution in [-0.4, -0.2) is 34.2 Å². The molecule has 7 heteroatoms. The molecular formula is C15H20N4O2S. The summed E-state index contributed by atoms with van der Waals surface area (Å²) >= 11 is 0. The Kier molecular flexibility index (Phi) is 4.21. The van der Waals surface area contributed by atoms with Crippen LogP contribution < -0.4 is 13.9 Å². The standard InChI is InChI=1S/C15H20N4O2S/c1-16-10-6-12-18-13-7-2-3-8-14(13)19(22(18,20)21)15-9-4-5-11-17-15/h2-5,7-9,11,16,20-21H,6,10,12H2,1H3. The van der Waals surface area contributed by atoms with Gasteiger partial charge in [0.1, 0.15) is 0 Å². The van der Waals surface area contributed by atoms with E-state index in [2.05, 4.69) is 10.3 Å². The van der Waals surface area contributed by atoms with E-state index >= 15 is 0 Å². The first-order valence-electron chi connectivity index (χ1n) is 7.17. The molecule has 0 fully saturated rings. The van der Waals surface area contributed by atoms with E-state index in [0.29, 0.717) is 12.4 Å². The van der Waals surface area contributed by atoms with E-state index in [1.54, 1.807) is 16.6 Å². The first-order chi connectivity index (χ1) is 10.7. The quantitative estimate of drug-likeness (QED) is 0.735. The molecule has 2 heterocycles. The molecule has 1 aromatic carbocycles. The molecule has 0 saturated heterocycles. The molecule has 1 aromatic heterocycles. The number of benzene rings is 1. The van der Waals surface area contributed by atoms with E-state index in [4.69, 9.17) is 0 Å². The zero-order chi connectivity index (χ0) is 15.6. The Labute approximate surface area is 132 Å². The average molecular weight is 320 g/mol. The van der Waals surface area contributed by atoms with Crippen LogP contribution in [0.4, 0.5) is 17.2 Å². The summed E-state index contributed by atoms with van der Waals surface area (Å²) in [6.07, 6.45) is 2.47. The first kappa shape index (κ1) is 15.1. The lowest BCUT2D eigenvalue weighted by molar-refractivity contribution is 0.483. The van der Waals surface area contributed by atoms with Gasteiger partial charge in [0.25, 0.3) is 0 Å². The maximum atomic E-state index is 10.8. The summed E-state index contributed by atoms with van der Waals surface area (Å²) in [6.45, 7) is 1.38. The fourth-order valence-corrected chi connectivity index (χ4v) is 4.34. The number of hydrogen-bond acceptors (Lipinski definition) is 6. The molecule has 0 atom stereocenters. The average Bonchev–Trinajstić information content (AvgIpc) is 2.75. The lowest BCUT2D eigenvalue weighted by Crippen LogP contribution is -2.33. The monoisotopic (exact) mass is 320 g/mol. The molecule has 3 rings (SSSR count). The Balaban J connectivity index is 2.01. The van der Waals surface area contributed by atoms with Gasteiger partial charge in [0.05, 0.1) is 11.4 Å². The van der Waals surface area contributed by atoms with Gasteiger partial charge in [-0.2, -0.15) is 0 Å². The minimum Gasteiger partial charge on any atom is -0.320 e. The lowest BCUT2D eigenvalue weighted by Gasteiger charge is -2.43. The number of nitrogens with one attached hydrogen (secondary N) is 1.